The molecule has 7 heteroatoms. The van der Waals surface area contributed by atoms with Crippen LogP contribution < -0.4 is 10.7 Å². The molecule has 2 aromatic carbocycles. The van der Waals surface area contributed by atoms with Gasteiger partial charge in [-0.2, -0.15) is 5.10 Å². The van der Waals surface area contributed by atoms with Gasteiger partial charge >= 0.3 is 11.8 Å². The zero-order chi connectivity index (χ0) is 15.9. The number of hydrogen-bond donors (Lipinski definition) is 2. The summed E-state index contributed by atoms with van der Waals surface area (Å²) < 4.78 is 25.4. The lowest BCUT2D eigenvalue weighted by Crippen LogP contribution is -2.32. The first-order valence-electron chi connectivity index (χ1n) is 6.20. The highest BCUT2D eigenvalue weighted by atomic mass is 19.1. The van der Waals surface area contributed by atoms with Crippen molar-refractivity contribution >= 4 is 23.7 Å². The Balaban J connectivity index is 1.87. The van der Waals surface area contributed by atoms with Crippen molar-refractivity contribution in [2.24, 2.45) is 5.10 Å². The maximum atomic E-state index is 12.7. The molecule has 0 radical (unpaired) electrons. The summed E-state index contributed by atoms with van der Waals surface area (Å²) in [5.74, 6) is -2.77. The molecule has 0 aliphatic rings. The number of nitrogens with zero attached hydrogens (tertiary/aromatic N) is 1. The lowest BCUT2D eigenvalue weighted by Gasteiger charge is -2.03. The molecule has 0 saturated heterocycles. The fraction of sp³-hybridized carbons (Fsp3) is 0. The zero-order valence-electron chi connectivity index (χ0n) is 11.2. The molecule has 0 heterocycles. The summed E-state index contributed by atoms with van der Waals surface area (Å²) in [4.78, 5) is 23.0. The number of nitrogens with one attached hydrogen (secondary N) is 2. The van der Waals surface area contributed by atoms with Gasteiger partial charge in [-0.25, -0.2) is 14.2 Å². The summed E-state index contributed by atoms with van der Waals surface area (Å²) in [5.41, 5.74) is 2.87. The average Bonchev–Trinajstić information content (AvgIpc) is 2.51. The van der Waals surface area contributed by atoms with Crippen molar-refractivity contribution in [3.05, 3.63) is 65.7 Å². The average molecular weight is 303 g/mol. The minimum Gasteiger partial charge on any atom is -0.318 e. The van der Waals surface area contributed by atoms with E-state index in [9.17, 15) is 18.4 Å². The summed E-state index contributed by atoms with van der Waals surface area (Å²) in [6.45, 7) is 0. The quantitative estimate of drug-likeness (QED) is 0.517. The molecule has 2 rings (SSSR count). The Morgan fingerprint density at radius 1 is 0.864 bits per heavy atom. The van der Waals surface area contributed by atoms with Gasteiger partial charge in [0, 0.05) is 5.69 Å². The van der Waals surface area contributed by atoms with Crippen molar-refractivity contribution in [1.82, 2.24) is 5.43 Å². The molecule has 0 saturated carbocycles. The molecule has 2 N–H and O–H groups in total. The number of benzene rings is 2. The number of amides is 2. The van der Waals surface area contributed by atoms with Crippen molar-refractivity contribution in [3.63, 3.8) is 0 Å². The molecule has 2 aromatic rings. The van der Waals surface area contributed by atoms with Crippen molar-refractivity contribution in [2.45, 2.75) is 0 Å². The highest BCUT2D eigenvalue weighted by Crippen LogP contribution is 2.07. The molecule has 22 heavy (non-hydrogen) atoms. The predicted octanol–water partition coefficient (Wildman–Crippen LogP) is 2.05. The van der Waals surface area contributed by atoms with Gasteiger partial charge in [-0.15, -0.1) is 0 Å². The molecule has 0 fully saturated rings. The van der Waals surface area contributed by atoms with E-state index in [0.717, 1.165) is 12.1 Å². The topological polar surface area (TPSA) is 70.6 Å². The number of carbonyl (C=O) groups is 2. The summed E-state index contributed by atoms with van der Waals surface area (Å²) >= 11 is 0. The van der Waals surface area contributed by atoms with Crippen LogP contribution in [0.5, 0.6) is 0 Å². The lowest BCUT2D eigenvalue weighted by atomic mass is 10.2. The van der Waals surface area contributed by atoms with Gasteiger partial charge in [0.25, 0.3) is 0 Å². The fourth-order valence-corrected chi connectivity index (χ4v) is 1.49. The smallest absolute Gasteiger partial charge is 0.318 e. The predicted molar refractivity (Wildman–Crippen MR) is 77.2 cm³/mol. The van der Waals surface area contributed by atoms with Gasteiger partial charge in [-0.1, -0.05) is 12.1 Å². The Morgan fingerprint density at radius 2 is 1.41 bits per heavy atom. The largest absolute Gasteiger partial charge is 0.329 e. The second kappa shape index (κ2) is 7.07. The molecule has 5 nitrogen and oxygen atoms in total. The molecule has 0 atom stereocenters. The van der Waals surface area contributed by atoms with E-state index in [-0.39, 0.29) is 11.5 Å². The number of halogens is 2. The van der Waals surface area contributed by atoms with E-state index < -0.39 is 17.6 Å². The molecule has 0 bridgehead atoms. The maximum Gasteiger partial charge on any atom is 0.329 e. The summed E-state index contributed by atoms with van der Waals surface area (Å²) in [7, 11) is 0. The van der Waals surface area contributed by atoms with Gasteiger partial charge in [0.1, 0.15) is 11.6 Å². The van der Waals surface area contributed by atoms with E-state index in [4.69, 9.17) is 0 Å². The van der Waals surface area contributed by atoms with E-state index in [1.165, 1.54) is 42.6 Å². The second-order valence-electron chi connectivity index (χ2n) is 4.21. The molecular weight excluding hydrogens is 292 g/mol. The van der Waals surface area contributed by atoms with Crippen molar-refractivity contribution in [2.75, 3.05) is 5.32 Å². The molecule has 2 amide bonds. The molecule has 0 aliphatic carbocycles. The molecule has 112 valence electrons. The van der Waals surface area contributed by atoms with Gasteiger partial charge in [0.15, 0.2) is 0 Å². The molecule has 0 unspecified atom stereocenters. The van der Waals surface area contributed by atoms with E-state index in [2.05, 4.69) is 10.4 Å². The highest BCUT2D eigenvalue weighted by molar-refractivity contribution is 6.39. The van der Waals surface area contributed by atoms with Crippen LogP contribution >= 0.6 is 0 Å². The first-order valence-corrected chi connectivity index (χ1v) is 6.20. The maximum absolute atomic E-state index is 12.7. The lowest BCUT2D eigenvalue weighted by molar-refractivity contribution is -0.136. The van der Waals surface area contributed by atoms with E-state index in [1.807, 2.05) is 5.43 Å². The molecule has 0 aliphatic heterocycles. The van der Waals surface area contributed by atoms with E-state index >= 15 is 0 Å². The van der Waals surface area contributed by atoms with Crippen molar-refractivity contribution < 1.29 is 18.4 Å². The van der Waals surface area contributed by atoms with Gasteiger partial charge in [0.2, 0.25) is 0 Å². The second-order valence-corrected chi connectivity index (χ2v) is 4.21. The Bertz CT molecular complexity index is 698. The Kier molecular flexibility index (Phi) is 4.92. The fourth-order valence-electron chi connectivity index (χ4n) is 1.49. The monoisotopic (exact) mass is 303 g/mol. The molecular formula is C15H11F2N3O2. The highest BCUT2D eigenvalue weighted by Gasteiger charge is 2.12. The van der Waals surface area contributed by atoms with Gasteiger partial charge < -0.3 is 5.32 Å². The van der Waals surface area contributed by atoms with Crippen molar-refractivity contribution in [1.29, 1.82) is 0 Å². The standard InChI is InChI=1S/C15H11F2N3O2/c16-11-3-1-10(2-4-11)9-18-20-15(22)14(21)19-13-7-5-12(17)6-8-13/h1-9H,(H,19,21)(H,20,22)/b18-9+. The number of hydrazone groups is 1. The summed E-state index contributed by atoms with van der Waals surface area (Å²) in [6, 6.07) is 10.4. The number of hydrogen-bond acceptors (Lipinski definition) is 3. The van der Waals surface area contributed by atoms with Crippen LogP contribution in [0.1, 0.15) is 5.56 Å². The van der Waals surface area contributed by atoms with E-state index in [0.29, 0.717) is 5.56 Å². The normalized spacial score (nSPS) is 10.5. The third-order valence-corrected chi connectivity index (χ3v) is 2.56. The minimum atomic E-state index is -0.984. The van der Waals surface area contributed by atoms with Crippen LogP contribution in [-0.2, 0) is 9.59 Å². The minimum absolute atomic E-state index is 0.282. The van der Waals surface area contributed by atoms with Gasteiger partial charge in [0.05, 0.1) is 6.21 Å². The van der Waals surface area contributed by atoms with E-state index in [1.54, 1.807) is 0 Å². The number of anilines is 1. The van der Waals surface area contributed by atoms with Crippen LogP contribution in [0.2, 0.25) is 0 Å². The van der Waals surface area contributed by atoms with Crippen LogP contribution in [0.3, 0.4) is 0 Å². The number of rotatable bonds is 3. The van der Waals surface area contributed by atoms with Crippen LogP contribution in [-0.4, -0.2) is 18.0 Å². The molecule has 0 aromatic heterocycles. The van der Waals surface area contributed by atoms with Crippen LogP contribution in [0.4, 0.5) is 14.5 Å². The van der Waals surface area contributed by atoms with Crippen LogP contribution in [0.15, 0.2) is 53.6 Å². The Labute approximate surface area is 124 Å². The third kappa shape index (κ3) is 4.48. The molecule has 0 spiro atoms. The SMILES string of the molecule is O=C(N/N=C/c1ccc(F)cc1)C(=O)Nc1ccc(F)cc1. The van der Waals surface area contributed by atoms with Gasteiger partial charge in [-0.3, -0.25) is 9.59 Å². The van der Waals surface area contributed by atoms with Gasteiger partial charge in [-0.05, 0) is 42.0 Å². The first-order chi connectivity index (χ1) is 10.5. The zero-order valence-corrected chi connectivity index (χ0v) is 11.2. The third-order valence-electron chi connectivity index (χ3n) is 2.56. The number of carbonyl (C=O) groups excluding carboxylic acids is 2. The first kappa shape index (κ1) is 15.3. The van der Waals surface area contributed by atoms with Crippen LogP contribution in [0.25, 0.3) is 0 Å². The van der Waals surface area contributed by atoms with Crippen molar-refractivity contribution in [3.8, 4) is 0 Å². The Morgan fingerprint density at radius 3 is 2.00 bits per heavy atom. The summed E-state index contributed by atoms with van der Waals surface area (Å²) in [5, 5.41) is 5.86. The Hall–Kier alpha value is -3.09. The van der Waals surface area contributed by atoms with Crippen LogP contribution in [0, 0.1) is 11.6 Å². The summed E-state index contributed by atoms with van der Waals surface area (Å²) in [6.07, 6.45) is 1.27.